The van der Waals surface area contributed by atoms with Gasteiger partial charge in [-0.2, -0.15) is 0 Å². The van der Waals surface area contributed by atoms with Crippen LogP contribution in [0.1, 0.15) is 11.3 Å². The molecule has 4 nitrogen and oxygen atoms in total. The standard InChI is InChI=1S/C20H20N2O2S/c1-24-18-9-7-15(8-10-18)11-12-21-19(23)13-17-14-25-20(22-17)16-5-3-2-4-6-16/h2-10,14H,11-13H2,1H3,(H,21,23). The predicted octanol–water partition coefficient (Wildman–Crippen LogP) is 3.72. The molecule has 0 fully saturated rings. The Morgan fingerprint density at radius 2 is 1.88 bits per heavy atom. The van der Waals surface area contributed by atoms with Crippen LogP contribution in [-0.4, -0.2) is 24.5 Å². The highest BCUT2D eigenvalue weighted by molar-refractivity contribution is 7.13. The van der Waals surface area contributed by atoms with Crippen LogP contribution in [-0.2, 0) is 17.6 Å². The first kappa shape index (κ1) is 17.2. The number of amides is 1. The van der Waals surface area contributed by atoms with Gasteiger partial charge in [0.15, 0.2) is 0 Å². The summed E-state index contributed by atoms with van der Waals surface area (Å²) >= 11 is 1.57. The fourth-order valence-electron chi connectivity index (χ4n) is 2.47. The molecule has 1 aromatic heterocycles. The van der Waals surface area contributed by atoms with Crippen molar-refractivity contribution in [1.29, 1.82) is 0 Å². The van der Waals surface area contributed by atoms with E-state index in [2.05, 4.69) is 10.3 Å². The van der Waals surface area contributed by atoms with E-state index in [1.54, 1.807) is 18.4 Å². The maximum atomic E-state index is 12.1. The minimum absolute atomic E-state index is 0.00146. The molecule has 0 atom stereocenters. The van der Waals surface area contributed by atoms with Crippen molar-refractivity contribution in [3.63, 3.8) is 0 Å². The maximum absolute atomic E-state index is 12.1. The second-order valence-corrected chi connectivity index (χ2v) is 6.49. The topological polar surface area (TPSA) is 51.2 Å². The Labute approximate surface area is 151 Å². The van der Waals surface area contributed by atoms with Crippen LogP contribution in [0.4, 0.5) is 0 Å². The number of aromatic nitrogens is 1. The molecule has 0 aliphatic heterocycles. The van der Waals surface area contributed by atoms with Crippen LogP contribution in [0.15, 0.2) is 60.0 Å². The molecule has 1 N–H and O–H groups in total. The molecule has 0 aliphatic rings. The molecule has 128 valence electrons. The maximum Gasteiger partial charge on any atom is 0.226 e. The molecule has 2 aromatic carbocycles. The summed E-state index contributed by atoms with van der Waals surface area (Å²) in [5.41, 5.74) is 3.06. The first-order chi connectivity index (χ1) is 12.2. The molecule has 1 heterocycles. The van der Waals surface area contributed by atoms with Crippen LogP contribution in [0.5, 0.6) is 5.75 Å². The highest BCUT2D eigenvalue weighted by atomic mass is 32.1. The number of carbonyl (C=O) groups excluding carboxylic acids is 1. The van der Waals surface area contributed by atoms with Gasteiger partial charge in [0.25, 0.3) is 0 Å². The molecule has 5 heteroatoms. The zero-order chi connectivity index (χ0) is 17.5. The minimum atomic E-state index is -0.00146. The molecule has 0 bridgehead atoms. The molecule has 0 spiro atoms. The summed E-state index contributed by atoms with van der Waals surface area (Å²) in [5.74, 6) is 0.837. The van der Waals surface area contributed by atoms with Gasteiger partial charge < -0.3 is 10.1 Å². The Morgan fingerprint density at radius 3 is 2.60 bits per heavy atom. The number of hydrogen-bond donors (Lipinski definition) is 1. The molecule has 1 amide bonds. The Hall–Kier alpha value is -2.66. The summed E-state index contributed by atoms with van der Waals surface area (Å²) in [6.07, 6.45) is 1.11. The second-order valence-electron chi connectivity index (χ2n) is 5.63. The van der Waals surface area contributed by atoms with Gasteiger partial charge in [-0.3, -0.25) is 4.79 Å². The fraction of sp³-hybridized carbons (Fsp3) is 0.200. The van der Waals surface area contributed by atoms with Crippen LogP contribution in [0, 0.1) is 0 Å². The molecule has 25 heavy (non-hydrogen) atoms. The first-order valence-corrected chi connectivity index (χ1v) is 9.02. The normalized spacial score (nSPS) is 10.4. The van der Waals surface area contributed by atoms with Gasteiger partial charge in [0.2, 0.25) is 5.91 Å². The van der Waals surface area contributed by atoms with Crippen molar-refractivity contribution in [3.05, 3.63) is 71.2 Å². The molecular formula is C20H20N2O2S. The molecule has 0 radical (unpaired) electrons. The summed E-state index contributed by atoms with van der Waals surface area (Å²) in [4.78, 5) is 16.6. The lowest BCUT2D eigenvalue weighted by molar-refractivity contribution is -0.120. The lowest BCUT2D eigenvalue weighted by Gasteiger charge is -2.05. The second kappa shape index (κ2) is 8.44. The van der Waals surface area contributed by atoms with Crippen LogP contribution < -0.4 is 10.1 Å². The van der Waals surface area contributed by atoms with Crippen molar-refractivity contribution in [2.75, 3.05) is 13.7 Å². The van der Waals surface area contributed by atoms with E-state index >= 15 is 0 Å². The number of benzene rings is 2. The quantitative estimate of drug-likeness (QED) is 0.705. The van der Waals surface area contributed by atoms with Gasteiger partial charge in [0.1, 0.15) is 10.8 Å². The molecular weight excluding hydrogens is 332 g/mol. The van der Waals surface area contributed by atoms with Crippen molar-refractivity contribution in [3.8, 4) is 16.3 Å². The smallest absolute Gasteiger partial charge is 0.226 e. The van der Waals surface area contributed by atoms with Gasteiger partial charge in [-0.15, -0.1) is 11.3 Å². The Morgan fingerprint density at radius 1 is 1.12 bits per heavy atom. The molecule has 3 rings (SSSR count). The lowest BCUT2D eigenvalue weighted by Crippen LogP contribution is -2.27. The van der Waals surface area contributed by atoms with Crippen LogP contribution >= 0.6 is 11.3 Å². The van der Waals surface area contributed by atoms with E-state index in [1.807, 2.05) is 60.0 Å². The number of hydrogen-bond acceptors (Lipinski definition) is 4. The van der Waals surface area contributed by atoms with Crippen molar-refractivity contribution >= 4 is 17.2 Å². The van der Waals surface area contributed by atoms with E-state index in [-0.39, 0.29) is 5.91 Å². The van der Waals surface area contributed by atoms with Crippen molar-refractivity contribution in [2.45, 2.75) is 12.8 Å². The monoisotopic (exact) mass is 352 g/mol. The molecule has 0 aliphatic carbocycles. The van der Waals surface area contributed by atoms with E-state index in [9.17, 15) is 4.79 Å². The van der Waals surface area contributed by atoms with E-state index < -0.39 is 0 Å². The van der Waals surface area contributed by atoms with Crippen molar-refractivity contribution in [2.24, 2.45) is 0 Å². The predicted molar refractivity (Wildman–Crippen MR) is 101 cm³/mol. The van der Waals surface area contributed by atoms with Gasteiger partial charge >= 0.3 is 0 Å². The Balaban J connectivity index is 1.47. The number of rotatable bonds is 7. The first-order valence-electron chi connectivity index (χ1n) is 8.14. The number of thiazole rings is 1. The molecule has 0 saturated heterocycles. The van der Waals surface area contributed by atoms with Gasteiger partial charge in [0, 0.05) is 17.5 Å². The summed E-state index contributed by atoms with van der Waals surface area (Å²) in [5, 5.41) is 5.85. The Kier molecular flexibility index (Phi) is 5.80. The van der Waals surface area contributed by atoms with E-state index in [4.69, 9.17) is 4.74 Å². The number of ether oxygens (including phenoxy) is 1. The summed E-state index contributed by atoms with van der Waals surface area (Å²) < 4.78 is 5.14. The number of nitrogens with one attached hydrogen (secondary N) is 1. The number of carbonyl (C=O) groups is 1. The van der Waals surface area contributed by atoms with Gasteiger partial charge in [-0.25, -0.2) is 4.98 Å². The van der Waals surface area contributed by atoms with E-state index in [1.165, 1.54) is 5.56 Å². The van der Waals surface area contributed by atoms with Crippen LogP contribution in [0.25, 0.3) is 10.6 Å². The molecule has 0 saturated carbocycles. The third-order valence-corrected chi connectivity index (χ3v) is 4.75. The Bertz CT molecular complexity index is 813. The SMILES string of the molecule is COc1ccc(CCNC(=O)Cc2csc(-c3ccccc3)n2)cc1. The van der Waals surface area contributed by atoms with Gasteiger partial charge in [0.05, 0.1) is 19.2 Å². The summed E-state index contributed by atoms with van der Waals surface area (Å²) in [6, 6.07) is 17.9. The van der Waals surface area contributed by atoms with Crippen molar-refractivity contribution < 1.29 is 9.53 Å². The third kappa shape index (κ3) is 4.90. The summed E-state index contributed by atoms with van der Waals surface area (Å²) in [7, 11) is 1.65. The van der Waals surface area contributed by atoms with Crippen LogP contribution in [0.2, 0.25) is 0 Å². The van der Waals surface area contributed by atoms with E-state index in [0.717, 1.165) is 28.4 Å². The largest absolute Gasteiger partial charge is 0.497 e. The fourth-order valence-corrected chi connectivity index (χ4v) is 3.29. The highest BCUT2D eigenvalue weighted by Gasteiger charge is 2.08. The number of nitrogens with zero attached hydrogens (tertiary/aromatic N) is 1. The molecule has 3 aromatic rings. The van der Waals surface area contributed by atoms with Gasteiger partial charge in [-0.05, 0) is 24.1 Å². The summed E-state index contributed by atoms with van der Waals surface area (Å²) in [6.45, 7) is 0.612. The zero-order valence-electron chi connectivity index (χ0n) is 14.1. The lowest BCUT2D eigenvalue weighted by atomic mass is 10.1. The van der Waals surface area contributed by atoms with Crippen LogP contribution in [0.3, 0.4) is 0 Å². The van der Waals surface area contributed by atoms with Crippen molar-refractivity contribution in [1.82, 2.24) is 10.3 Å². The zero-order valence-corrected chi connectivity index (χ0v) is 14.9. The van der Waals surface area contributed by atoms with E-state index in [0.29, 0.717) is 13.0 Å². The molecule has 0 unspecified atom stereocenters. The minimum Gasteiger partial charge on any atom is -0.497 e. The van der Waals surface area contributed by atoms with Gasteiger partial charge in [-0.1, -0.05) is 42.5 Å². The average molecular weight is 352 g/mol. The number of methoxy groups -OCH3 is 1. The highest BCUT2D eigenvalue weighted by Crippen LogP contribution is 2.23. The third-order valence-electron chi connectivity index (χ3n) is 3.81. The average Bonchev–Trinajstić information content (AvgIpc) is 3.11.